The van der Waals surface area contributed by atoms with Gasteiger partial charge in [-0.2, -0.15) is 0 Å². The minimum Gasteiger partial charge on any atom is -0.507 e. The maximum absolute atomic E-state index is 13.6. The zero-order valence-corrected chi connectivity index (χ0v) is 35.3. The number of aromatic hydroxyl groups is 2. The quantitative estimate of drug-likeness (QED) is 0.0890. The van der Waals surface area contributed by atoms with Gasteiger partial charge < -0.3 is 53.0 Å². The minimum absolute atomic E-state index is 0.0863. The second kappa shape index (κ2) is 23.3. The van der Waals surface area contributed by atoms with Gasteiger partial charge in [-0.25, -0.2) is 4.79 Å². The van der Waals surface area contributed by atoms with Crippen molar-refractivity contribution in [3.8, 4) is 33.8 Å². The Balaban J connectivity index is 0.00000160. The topological polar surface area (TPSA) is 267 Å². The van der Waals surface area contributed by atoms with E-state index in [1.54, 1.807) is 12.1 Å². The van der Waals surface area contributed by atoms with Crippen LogP contribution >= 0.6 is 0 Å². The fourth-order valence-electron chi connectivity index (χ4n) is 6.58. The molecule has 62 heavy (non-hydrogen) atoms. The molecule has 0 aliphatic carbocycles. The third-order valence-electron chi connectivity index (χ3n) is 10.3. The number of carbonyl (C=O) groups excluding carboxylic acids is 5. The van der Waals surface area contributed by atoms with Gasteiger partial charge >= 0.3 is 5.97 Å². The molecule has 16 nitrogen and oxygen atoms in total. The molecule has 2 unspecified atom stereocenters. The lowest BCUT2D eigenvalue weighted by Gasteiger charge is -2.29. The average molecular weight is 852 g/mol. The van der Waals surface area contributed by atoms with Crippen molar-refractivity contribution in [1.29, 1.82) is 0 Å². The lowest BCUT2D eigenvalue weighted by atomic mass is 9.94. The number of phenols is 2. The van der Waals surface area contributed by atoms with Gasteiger partial charge in [0.1, 0.15) is 29.6 Å². The molecule has 0 fully saturated rings. The summed E-state index contributed by atoms with van der Waals surface area (Å²) < 4.78 is 0. The Hall–Kier alpha value is -6.78. The normalized spacial score (nSPS) is 15.3. The number of nitrogens with two attached hydrogens (primary N) is 2. The van der Waals surface area contributed by atoms with Gasteiger partial charge in [-0.15, -0.1) is 0 Å². The fraction of sp³-hybridized carbons (Fsp3) is 0.348. The van der Waals surface area contributed by atoms with Crippen LogP contribution in [0.4, 0.5) is 0 Å². The van der Waals surface area contributed by atoms with Crippen LogP contribution in [-0.2, 0) is 36.8 Å². The van der Waals surface area contributed by atoms with Crippen molar-refractivity contribution in [2.75, 3.05) is 33.2 Å². The van der Waals surface area contributed by atoms with Crippen LogP contribution in [0.5, 0.6) is 11.5 Å². The Morgan fingerprint density at radius 3 is 2.05 bits per heavy atom. The number of nitrogens with one attached hydrogen (secondary N) is 4. The summed E-state index contributed by atoms with van der Waals surface area (Å²) in [5.74, 6) is -5.45. The lowest BCUT2D eigenvalue weighted by Crippen LogP contribution is -2.52. The number of aliphatic carboxylic acids is 1. The van der Waals surface area contributed by atoms with Crippen molar-refractivity contribution in [1.82, 2.24) is 26.2 Å². The number of amides is 5. The van der Waals surface area contributed by atoms with Crippen molar-refractivity contribution >= 4 is 35.5 Å². The first-order valence-corrected chi connectivity index (χ1v) is 20.6. The second-order valence-corrected chi connectivity index (χ2v) is 15.0. The number of phenolic OH excluding ortho intramolecular Hbond substituents is 2. The molecule has 16 heteroatoms. The largest absolute Gasteiger partial charge is 0.507 e. The van der Waals surface area contributed by atoms with Crippen LogP contribution in [-0.4, -0.2) is 101 Å². The maximum atomic E-state index is 13.6. The predicted octanol–water partition coefficient (Wildman–Crippen LogP) is 3.13. The van der Waals surface area contributed by atoms with Crippen LogP contribution in [0, 0.1) is 0 Å². The van der Waals surface area contributed by atoms with Gasteiger partial charge in [-0.1, -0.05) is 75.2 Å². The van der Waals surface area contributed by atoms with Crippen LogP contribution in [0.1, 0.15) is 72.6 Å². The minimum atomic E-state index is -1.42. The summed E-state index contributed by atoms with van der Waals surface area (Å²) in [5, 5.41) is 41.0. The number of unbranched alkanes of at least 4 members (excludes halogenated alkanes) is 2. The van der Waals surface area contributed by atoms with Crippen LogP contribution in [0.25, 0.3) is 22.3 Å². The number of hydrogen-bond acceptors (Lipinski definition) is 10. The first kappa shape index (κ1) is 47.9. The van der Waals surface area contributed by atoms with E-state index in [-0.39, 0.29) is 41.2 Å². The van der Waals surface area contributed by atoms with Crippen molar-refractivity contribution < 1.29 is 44.1 Å². The van der Waals surface area contributed by atoms with Gasteiger partial charge in [-0.05, 0) is 90.0 Å². The molecule has 0 saturated carbocycles. The van der Waals surface area contributed by atoms with E-state index in [9.17, 15) is 44.1 Å². The summed E-state index contributed by atoms with van der Waals surface area (Å²) in [6.45, 7) is 3.66. The van der Waals surface area contributed by atoms with Gasteiger partial charge in [-0.3, -0.25) is 24.0 Å². The van der Waals surface area contributed by atoms with Crippen molar-refractivity contribution in [2.45, 2.75) is 70.5 Å². The number of carboxylic acid groups (broad SMARTS) is 1. The maximum Gasteiger partial charge on any atom is 0.326 e. The van der Waals surface area contributed by atoms with E-state index in [4.69, 9.17) is 11.5 Å². The zero-order chi connectivity index (χ0) is 45.3. The highest BCUT2D eigenvalue weighted by atomic mass is 16.4. The highest BCUT2D eigenvalue weighted by molar-refractivity contribution is 5.96. The van der Waals surface area contributed by atoms with Crippen LogP contribution in [0.3, 0.4) is 0 Å². The number of likely N-dealkylation sites (N-methyl/N-ethyl adjacent to an activating group) is 1. The number of benzene rings is 4. The Morgan fingerprint density at radius 1 is 0.839 bits per heavy atom. The molecule has 4 bridgehead atoms. The van der Waals surface area contributed by atoms with Crippen LogP contribution < -0.4 is 32.7 Å². The van der Waals surface area contributed by atoms with Crippen molar-refractivity contribution in [2.24, 2.45) is 11.5 Å². The van der Waals surface area contributed by atoms with Crippen LogP contribution in [0.15, 0.2) is 84.9 Å². The van der Waals surface area contributed by atoms with Gasteiger partial charge in [0.2, 0.25) is 23.6 Å². The molecule has 5 amide bonds. The third kappa shape index (κ3) is 13.4. The number of aryl methyl sites for hydroxylation is 1. The van der Waals surface area contributed by atoms with E-state index >= 15 is 0 Å². The molecule has 0 aromatic heterocycles. The first-order chi connectivity index (χ1) is 29.7. The summed E-state index contributed by atoms with van der Waals surface area (Å²) in [5.41, 5.74) is 15.6. The Bertz CT molecular complexity index is 2190. The molecule has 0 radical (unpaired) electrons. The molecule has 0 spiro atoms. The van der Waals surface area contributed by atoms with E-state index in [0.29, 0.717) is 11.1 Å². The Kier molecular flexibility index (Phi) is 18.0. The number of fused-ring (bicyclic) bond motifs is 5. The number of rotatable bonds is 14. The number of carboxylic acids is 1. The highest BCUT2D eigenvalue weighted by Crippen LogP contribution is 2.38. The van der Waals surface area contributed by atoms with Gasteiger partial charge in [0.15, 0.2) is 0 Å². The molecule has 4 aromatic rings. The molecule has 0 saturated heterocycles. The standard InChI is InChI=1S/C42H46N6O9.C4H11N/c1-3-4-5-24-6-9-26(10-7-24)27-11-13-28(14-12-27)39(53)44-21-32(43)40(54)46-23-37(52)48(2)38-29-15-17-35(50)31(20-29)30-18-25(8-16-34(30)49)19-33(42(56)57)47-36(51)22-45-41(38)55;1-2-3-4-5/h6-18,20,32-33,38,49-50H,3-5,19,21-23,43H2,1-2H3,(H,44,53)(H,45,55)(H,46,54)(H,47,51)(H,56,57);2-5H2,1H3/t32?,33-,38?;/m0./s1. The monoisotopic (exact) mass is 851 g/mol. The Morgan fingerprint density at radius 2 is 1.45 bits per heavy atom. The zero-order valence-electron chi connectivity index (χ0n) is 35.3. The highest BCUT2D eigenvalue weighted by Gasteiger charge is 2.31. The smallest absolute Gasteiger partial charge is 0.326 e. The predicted molar refractivity (Wildman–Crippen MR) is 235 cm³/mol. The van der Waals surface area contributed by atoms with Gasteiger partial charge in [0.05, 0.1) is 13.1 Å². The molecular weight excluding hydrogens is 795 g/mol. The average Bonchev–Trinajstić information content (AvgIpc) is 3.27. The van der Waals surface area contributed by atoms with Crippen LogP contribution in [0.2, 0.25) is 0 Å². The van der Waals surface area contributed by atoms with Crippen molar-refractivity contribution in [3.05, 3.63) is 107 Å². The molecule has 330 valence electrons. The van der Waals surface area contributed by atoms with E-state index < -0.39 is 66.7 Å². The number of nitrogens with zero attached hydrogens (tertiary/aromatic N) is 1. The summed E-state index contributed by atoms with van der Waals surface area (Å²) in [6, 6.07) is 19.6. The van der Waals surface area contributed by atoms with E-state index in [1.165, 1.54) is 61.9 Å². The summed E-state index contributed by atoms with van der Waals surface area (Å²) in [7, 11) is 1.29. The molecule has 1 heterocycles. The third-order valence-corrected chi connectivity index (χ3v) is 10.3. The molecule has 5 rings (SSSR count). The number of carbonyl (C=O) groups is 6. The molecule has 4 aromatic carbocycles. The fourth-order valence-corrected chi connectivity index (χ4v) is 6.58. The SMILES string of the molecule is CCCCN.CCCCc1ccc(-c2ccc(C(=O)NCC(N)C(=O)NCC(=O)N(C)C3C(=O)NCC(=O)N[C@H](C(=O)O)Cc4ccc(O)c(c4)-c4cc3ccc4O)cc2)cc1. The molecule has 1 aliphatic rings. The van der Waals surface area contributed by atoms with Gasteiger partial charge in [0.25, 0.3) is 5.91 Å². The molecular formula is C46H57N7O9. The summed E-state index contributed by atoms with van der Waals surface area (Å²) in [6.07, 6.45) is 5.50. The number of hydrogen-bond donors (Lipinski definition) is 9. The van der Waals surface area contributed by atoms with E-state index in [0.717, 1.165) is 41.8 Å². The van der Waals surface area contributed by atoms with Crippen molar-refractivity contribution in [3.63, 3.8) is 0 Å². The second-order valence-electron chi connectivity index (χ2n) is 15.0. The Labute approximate surface area is 361 Å². The lowest BCUT2D eigenvalue weighted by molar-refractivity contribution is -0.142. The summed E-state index contributed by atoms with van der Waals surface area (Å²) >= 11 is 0. The van der Waals surface area contributed by atoms with E-state index in [2.05, 4.69) is 47.2 Å². The molecule has 3 atom stereocenters. The van der Waals surface area contributed by atoms with Gasteiger partial charge in [0, 0.05) is 36.7 Å². The summed E-state index contributed by atoms with van der Waals surface area (Å²) in [4.78, 5) is 78.5. The molecule has 11 N–H and O–H groups in total. The molecule has 1 aliphatic heterocycles. The van der Waals surface area contributed by atoms with E-state index in [1.807, 2.05) is 24.3 Å². The first-order valence-electron chi connectivity index (χ1n) is 20.6.